The second-order valence-electron chi connectivity index (χ2n) is 7.99. The molecule has 0 radical (unpaired) electrons. The molecule has 2 aliphatic carbocycles. The van der Waals surface area contributed by atoms with Crippen LogP contribution < -0.4 is 0 Å². The molecular weight excluding hydrogens is 444 g/mol. The SMILES string of the molecule is CC(C)(CO)Sc1nnc(Br)n1C1SC(C2CC2)=C2CC(F)(F)CCC21. The van der Waals surface area contributed by atoms with Gasteiger partial charge in [0.25, 0.3) is 5.92 Å². The maximum absolute atomic E-state index is 14.1. The van der Waals surface area contributed by atoms with E-state index in [-0.39, 0.29) is 35.5 Å². The summed E-state index contributed by atoms with van der Waals surface area (Å²) in [6, 6.07) is 0. The molecule has 3 aliphatic rings. The van der Waals surface area contributed by atoms with E-state index in [2.05, 4.69) is 26.1 Å². The lowest BCUT2D eigenvalue weighted by atomic mass is 9.81. The van der Waals surface area contributed by atoms with Crippen LogP contribution in [0.4, 0.5) is 8.78 Å². The zero-order valence-electron chi connectivity index (χ0n) is 14.7. The number of hydrogen-bond acceptors (Lipinski definition) is 5. The number of nitrogens with zero attached hydrogens (tertiary/aromatic N) is 3. The minimum atomic E-state index is -2.58. The van der Waals surface area contributed by atoms with Crippen LogP contribution in [-0.2, 0) is 0 Å². The van der Waals surface area contributed by atoms with Crippen LogP contribution in [0.15, 0.2) is 20.4 Å². The number of fused-ring (bicyclic) bond motifs is 1. The molecular formula is C17H22BrF2N3OS2. The lowest BCUT2D eigenvalue weighted by Gasteiger charge is -2.32. The summed E-state index contributed by atoms with van der Waals surface area (Å²) < 4.78 is 30.4. The average molecular weight is 466 g/mol. The predicted octanol–water partition coefficient (Wildman–Crippen LogP) is 5.25. The van der Waals surface area contributed by atoms with Crippen LogP contribution in [0.1, 0.15) is 51.3 Å². The minimum absolute atomic E-state index is 0.0121. The van der Waals surface area contributed by atoms with Gasteiger partial charge in [-0.25, -0.2) is 8.78 Å². The molecule has 2 heterocycles. The molecule has 1 N–H and O–H groups in total. The number of alkyl halides is 2. The van der Waals surface area contributed by atoms with Gasteiger partial charge in [0.15, 0.2) is 5.16 Å². The second-order valence-corrected chi connectivity index (χ2v) is 11.5. The van der Waals surface area contributed by atoms with E-state index < -0.39 is 5.92 Å². The van der Waals surface area contributed by atoms with Crippen molar-refractivity contribution in [2.45, 2.75) is 67.2 Å². The number of aliphatic hydroxyl groups is 1. The summed E-state index contributed by atoms with van der Waals surface area (Å²) in [6.45, 7) is 3.92. The van der Waals surface area contributed by atoms with Crippen molar-refractivity contribution < 1.29 is 13.9 Å². The van der Waals surface area contributed by atoms with Gasteiger partial charge in [0.05, 0.1) is 12.0 Å². The Morgan fingerprint density at radius 2 is 2.08 bits per heavy atom. The molecule has 26 heavy (non-hydrogen) atoms. The third-order valence-electron chi connectivity index (χ3n) is 5.20. The topological polar surface area (TPSA) is 50.9 Å². The molecule has 2 fully saturated rings. The standard InChI is InChI=1S/C17H22BrF2N3OS2/c1-16(2,8-24)26-15-22-21-14(18)23(15)13-10-5-6-17(19,20)7-11(10)12(25-13)9-3-4-9/h9-10,13,24H,3-8H2,1-2H3. The molecule has 0 amide bonds. The van der Waals surface area contributed by atoms with Gasteiger partial charge < -0.3 is 5.11 Å². The van der Waals surface area contributed by atoms with E-state index in [9.17, 15) is 13.9 Å². The number of hydrogen-bond donors (Lipinski definition) is 1. The Morgan fingerprint density at radius 1 is 1.35 bits per heavy atom. The van der Waals surface area contributed by atoms with Gasteiger partial charge in [0.1, 0.15) is 0 Å². The summed E-state index contributed by atoms with van der Waals surface area (Å²) in [6.07, 6.45) is 2.56. The fraction of sp³-hybridized carbons (Fsp3) is 0.765. The Labute approximate surface area is 168 Å². The molecule has 2 saturated carbocycles. The van der Waals surface area contributed by atoms with Gasteiger partial charge in [-0.3, -0.25) is 4.57 Å². The first-order chi connectivity index (χ1) is 12.2. The van der Waals surface area contributed by atoms with Crippen LogP contribution in [0.2, 0.25) is 0 Å². The molecule has 1 aromatic rings. The third kappa shape index (κ3) is 3.61. The van der Waals surface area contributed by atoms with Crippen molar-refractivity contribution in [2.75, 3.05) is 6.61 Å². The Hall–Kier alpha value is -0.120. The highest BCUT2D eigenvalue weighted by Gasteiger charge is 2.50. The molecule has 0 spiro atoms. The van der Waals surface area contributed by atoms with E-state index >= 15 is 0 Å². The Morgan fingerprint density at radius 3 is 2.73 bits per heavy atom. The summed E-state index contributed by atoms with van der Waals surface area (Å²) in [5.41, 5.74) is 0.969. The van der Waals surface area contributed by atoms with Gasteiger partial charge in [0.2, 0.25) is 4.73 Å². The van der Waals surface area contributed by atoms with Gasteiger partial charge in [0, 0.05) is 23.5 Å². The number of aliphatic hydroxyl groups excluding tert-OH is 1. The highest BCUT2D eigenvalue weighted by Crippen LogP contribution is 2.62. The molecule has 0 aromatic carbocycles. The van der Waals surface area contributed by atoms with Crippen LogP contribution in [-0.4, -0.2) is 37.1 Å². The molecule has 9 heteroatoms. The number of aromatic nitrogens is 3. The van der Waals surface area contributed by atoms with Crippen LogP contribution in [0.25, 0.3) is 0 Å². The van der Waals surface area contributed by atoms with Crippen molar-refractivity contribution in [1.82, 2.24) is 14.8 Å². The van der Waals surface area contributed by atoms with Crippen molar-refractivity contribution in [3.05, 3.63) is 15.2 Å². The van der Waals surface area contributed by atoms with Crippen molar-refractivity contribution in [1.29, 1.82) is 0 Å². The summed E-state index contributed by atoms with van der Waals surface area (Å²) in [5.74, 6) is -2.00. The summed E-state index contributed by atoms with van der Waals surface area (Å²) in [7, 11) is 0. The molecule has 4 nitrogen and oxygen atoms in total. The zero-order valence-corrected chi connectivity index (χ0v) is 17.9. The summed E-state index contributed by atoms with van der Waals surface area (Å²) >= 11 is 6.71. The average Bonchev–Trinajstić information content (AvgIpc) is 3.26. The van der Waals surface area contributed by atoms with E-state index in [0.717, 1.165) is 23.6 Å². The zero-order chi connectivity index (χ0) is 18.7. The van der Waals surface area contributed by atoms with Crippen LogP contribution >= 0.6 is 39.5 Å². The Bertz CT molecular complexity index is 748. The van der Waals surface area contributed by atoms with Crippen LogP contribution in [0.3, 0.4) is 0 Å². The van der Waals surface area contributed by atoms with Gasteiger partial charge in [-0.15, -0.1) is 22.0 Å². The number of allylic oxidation sites excluding steroid dienone is 2. The third-order valence-corrected chi connectivity index (χ3v) is 8.51. The van der Waals surface area contributed by atoms with E-state index in [4.69, 9.17) is 0 Å². The van der Waals surface area contributed by atoms with Crippen molar-refractivity contribution in [3.8, 4) is 0 Å². The molecule has 4 rings (SSSR count). The van der Waals surface area contributed by atoms with E-state index in [0.29, 0.717) is 17.1 Å². The van der Waals surface area contributed by atoms with E-state index in [1.54, 1.807) is 11.8 Å². The van der Waals surface area contributed by atoms with E-state index in [1.165, 1.54) is 16.7 Å². The van der Waals surface area contributed by atoms with Gasteiger partial charge >= 0.3 is 0 Å². The minimum Gasteiger partial charge on any atom is -0.395 e. The number of rotatable bonds is 5. The normalized spacial score (nSPS) is 28.5. The molecule has 2 atom stereocenters. The van der Waals surface area contributed by atoms with Gasteiger partial charge in [-0.1, -0.05) is 11.8 Å². The molecule has 0 bridgehead atoms. The van der Waals surface area contributed by atoms with Crippen molar-refractivity contribution >= 4 is 39.5 Å². The Balaban J connectivity index is 1.67. The smallest absolute Gasteiger partial charge is 0.251 e. The van der Waals surface area contributed by atoms with Gasteiger partial charge in [-0.05, 0) is 65.4 Å². The largest absolute Gasteiger partial charge is 0.395 e. The number of halogens is 3. The van der Waals surface area contributed by atoms with Crippen molar-refractivity contribution in [2.24, 2.45) is 11.8 Å². The molecule has 144 valence electrons. The first-order valence-electron chi connectivity index (χ1n) is 8.88. The summed E-state index contributed by atoms with van der Waals surface area (Å²) in [4.78, 5) is 1.19. The number of thioether (sulfide) groups is 2. The fourth-order valence-corrected chi connectivity index (χ4v) is 7.23. The predicted molar refractivity (Wildman–Crippen MR) is 103 cm³/mol. The lowest BCUT2D eigenvalue weighted by molar-refractivity contribution is -0.0279. The maximum atomic E-state index is 14.1. The molecule has 1 aromatic heterocycles. The van der Waals surface area contributed by atoms with Crippen LogP contribution in [0.5, 0.6) is 0 Å². The van der Waals surface area contributed by atoms with E-state index in [1.807, 2.05) is 18.4 Å². The molecule has 0 saturated heterocycles. The van der Waals surface area contributed by atoms with Gasteiger partial charge in [-0.2, -0.15) is 0 Å². The van der Waals surface area contributed by atoms with Crippen LogP contribution in [0, 0.1) is 11.8 Å². The summed E-state index contributed by atoms with van der Waals surface area (Å²) in [5, 5.41) is 18.8. The first kappa shape index (κ1) is 19.2. The monoisotopic (exact) mass is 465 g/mol. The quantitative estimate of drug-likeness (QED) is 0.601. The fourth-order valence-electron chi connectivity index (χ4n) is 3.67. The Kier molecular flexibility index (Phi) is 4.98. The first-order valence-corrected chi connectivity index (χ1v) is 11.4. The molecule has 1 aliphatic heterocycles. The highest BCUT2D eigenvalue weighted by molar-refractivity contribution is 9.10. The van der Waals surface area contributed by atoms with Crippen molar-refractivity contribution in [3.63, 3.8) is 0 Å². The maximum Gasteiger partial charge on any atom is 0.251 e. The second kappa shape index (κ2) is 6.74. The lowest BCUT2D eigenvalue weighted by Crippen LogP contribution is -2.29. The molecule has 2 unspecified atom stereocenters. The highest BCUT2D eigenvalue weighted by atomic mass is 79.9.